The van der Waals surface area contributed by atoms with Crippen molar-refractivity contribution in [1.82, 2.24) is 9.97 Å². The maximum absolute atomic E-state index is 11.0. The summed E-state index contributed by atoms with van der Waals surface area (Å²) in [5, 5.41) is 14.3. The smallest absolute Gasteiger partial charge is 0.353 e. The van der Waals surface area contributed by atoms with Crippen molar-refractivity contribution < 1.29 is 4.92 Å². The Labute approximate surface area is 113 Å². The molecule has 0 amide bonds. The van der Waals surface area contributed by atoms with Crippen LogP contribution in [0.15, 0.2) is 24.5 Å². The van der Waals surface area contributed by atoms with Crippen LogP contribution < -0.4 is 11.1 Å². The van der Waals surface area contributed by atoms with Crippen molar-refractivity contribution >= 4 is 34.6 Å². The van der Waals surface area contributed by atoms with Crippen LogP contribution in [0, 0.1) is 17.0 Å². The van der Waals surface area contributed by atoms with Gasteiger partial charge in [0.1, 0.15) is 6.33 Å². The summed E-state index contributed by atoms with van der Waals surface area (Å²) in [5.41, 5.74) is 6.62. The molecule has 3 N–H and O–H groups in total. The molecule has 8 heteroatoms. The lowest BCUT2D eigenvalue weighted by Gasteiger charge is -2.09. The fourth-order valence-corrected chi connectivity index (χ4v) is 1.69. The molecule has 1 aromatic heterocycles. The summed E-state index contributed by atoms with van der Waals surface area (Å²) in [6.45, 7) is 1.84. The molecule has 0 aliphatic rings. The summed E-state index contributed by atoms with van der Waals surface area (Å²) in [6.07, 6.45) is 1.16. The number of nitrogens with one attached hydrogen (secondary N) is 1. The molecule has 7 nitrogen and oxygen atoms in total. The largest absolute Gasteiger partial charge is 0.378 e. The second kappa shape index (κ2) is 5.07. The first kappa shape index (κ1) is 13.0. The molecule has 0 saturated carbocycles. The van der Waals surface area contributed by atoms with Gasteiger partial charge in [0.25, 0.3) is 0 Å². The van der Waals surface area contributed by atoms with Gasteiger partial charge in [-0.15, -0.1) is 0 Å². The van der Waals surface area contributed by atoms with Crippen molar-refractivity contribution in [2.24, 2.45) is 0 Å². The molecular weight excluding hydrogens is 270 g/mol. The maximum atomic E-state index is 11.0. The number of nitrogen functional groups attached to an aromatic ring is 1. The summed E-state index contributed by atoms with van der Waals surface area (Å²) in [5.74, 6) is -0.162. The Morgan fingerprint density at radius 1 is 1.42 bits per heavy atom. The van der Waals surface area contributed by atoms with E-state index in [0.717, 1.165) is 11.9 Å². The third-order valence-corrected chi connectivity index (χ3v) is 2.72. The Morgan fingerprint density at radius 3 is 2.84 bits per heavy atom. The van der Waals surface area contributed by atoms with E-state index in [2.05, 4.69) is 15.3 Å². The molecule has 0 radical (unpaired) electrons. The summed E-state index contributed by atoms with van der Waals surface area (Å²) >= 11 is 5.89. The SMILES string of the molecule is Cc1ccc(Cl)cc1Nc1ncnc(N)c1[N+](=O)[O-]. The zero-order valence-electron chi connectivity index (χ0n) is 9.92. The van der Waals surface area contributed by atoms with E-state index >= 15 is 0 Å². The van der Waals surface area contributed by atoms with Crippen molar-refractivity contribution in [1.29, 1.82) is 0 Å². The molecule has 0 aliphatic heterocycles. The van der Waals surface area contributed by atoms with Crippen LogP contribution in [0.4, 0.5) is 23.0 Å². The summed E-state index contributed by atoms with van der Waals surface area (Å²) in [7, 11) is 0. The van der Waals surface area contributed by atoms with Gasteiger partial charge in [-0.3, -0.25) is 10.1 Å². The van der Waals surface area contributed by atoms with Gasteiger partial charge < -0.3 is 11.1 Å². The van der Waals surface area contributed by atoms with Crippen molar-refractivity contribution in [2.75, 3.05) is 11.1 Å². The molecule has 0 aliphatic carbocycles. The fourth-order valence-electron chi connectivity index (χ4n) is 1.52. The lowest BCUT2D eigenvalue weighted by Crippen LogP contribution is -2.05. The molecule has 98 valence electrons. The van der Waals surface area contributed by atoms with Gasteiger partial charge in [-0.25, -0.2) is 9.97 Å². The standard InChI is InChI=1S/C11H10ClN5O2/c1-6-2-3-7(12)4-8(6)16-11-9(17(18)19)10(13)14-5-15-11/h2-5H,1H3,(H3,13,14,15,16). The molecule has 0 saturated heterocycles. The van der Waals surface area contributed by atoms with Crippen LogP contribution >= 0.6 is 11.6 Å². The van der Waals surface area contributed by atoms with Gasteiger partial charge in [0, 0.05) is 10.7 Å². The highest BCUT2D eigenvalue weighted by Gasteiger charge is 2.21. The molecule has 19 heavy (non-hydrogen) atoms. The van der Waals surface area contributed by atoms with Crippen molar-refractivity contribution in [3.8, 4) is 0 Å². The van der Waals surface area contributed by atoms with E-state index in [9.17, 15) is 10.1 Å². The zero-order valence-corrected chi connectivity index (χ0v) is 10.7. The number of aromatic nitrogens is 2. The van der Waals surface area contributed by atoms with Gasteiger partial charge in [0.05, 0.1) is 4.92 Å². The Bertz CT molecular complexity index is 647. The average molecular weight is 280 g/mol. The number of nitrogens with zero attached hydrogens (tertiary/aromatic N) is 3. The highest BCUT2D eigenvalue weighted by atomic mass is 35.5. The third kappa shape index (κ3) is 2.71. The number of nitrogens with two attached hydrogens (primary N) is 1. The first-order chi connectivity index (χ1) is 8.99. The Balaban J connectivity index is 2.46. The molecule has 2 rings (SSSR count). The van der Waals surface area contributed by atoms with Crippen LogP contribution in [0.1, 0.15) is 5.56 Å². The van der Waals surface area contributed by atoms with E-state index in [1.165, 1.54) is 0 Å². The van der Waals surface area contributed by atoms with E-state index in [0.29, 0.717) is 10.7 Å². The van der Waals surface area contributed by atoms with Gasteiger partial charge in [-0.1, -0.05) is 17.7 Å². The second-order valence-corrected chi connectivity index (χ2v) is 4.23. The maximum Gasteiger partial charge on any atom is 0.353 e. The highest BCUT2D eigenvalue weighted by molar-refractivity contribution is 6.30. The van der Waals surface area contributed by atoms with Gasteiger partial charge in [-0.2, -0.15) is 0 Å². The van der Waals surface area contributed by atoms with Crippen LogP contribution in [0.3, 0.4) is 0 Å². The minimum Gasteiger partial charge on any atom is -0.378 e. The van der Waals surface area contributed by atoms with Crippen LogP contribution in [-0.4, -0.2) is 14.9 Å². The minimum atomic E-state index is -0.627. The molecule has 0 bridgehead atoms. The number of benzene rings is 1. The monoisotopic (exact) mass is 279 g/mol. The third-order valence-electron chi connectivity index (χ3n) is 2.49. The lowest BCUT2D eigenvalue weighted by molar-refractivity contribution is -0.383. The fraction of sp³-hybridized carbons (Fsp3) is 0.0909. The van der Waals surface area contributed by atoms with Crippen molar-refractivity contribution in [3.63, 3.8) is 0 Å². The normalized spacial score (nSPS) is 10.2. The molecule has 2 aromatic rings. The summed E-state index contributed by atoms with van der Waals surface area (Å²) < 4.78 is 0. The number of aryl methyl sites for hydroxylation is 1. The van der Waals surface area contributed by atoms with E-state index in [1.807, 2.05) is 6.92 Å². The van der Waals surface area contributed by atoms with Gasteiger partial charge in [0.2, 0.25) is 11.6 Å². The molecular formula is C11H10ClN5O2. The van der Waals surface area contributed by atoms with E-state index < -0.39 is 4.92 Å². The summed E-state index contributed by atoms with van der Waals surface area (Å²) in [6, 6.07) is 5.17. The number of anilines is 3. The predicted molar refractivity (Wildman–Crippen MR) is 72.6 cm³/mol. The Morgan fingerprint density at radius 2 is 2.16 bits per heavy atom. The first-order valence-corrected chi connectivity index (χ1v) is 5.65. The Kier molecular flexibility index (Phi) is 3.48. The van der Waals surface area contributed by atoms with E-state index in [4.69, 9.17) is 17.3 Å². The van der Waals surface area contributed by atoms with Gasteiger partial charge in [0.15, 0.2) is 0 Å². The first-order valence-electron chi connectivity index (χ1n) is 5.27. The highest BCUT2D eigenvalue weighted by Crippen LogP contribution is 2.31. The van der Waals surface area contributed by atoms with E-state index in [1.54, 1.807) is 18.2 Å². The molecule has 0 spiro atoms. The molecule has 0 unspecified atom stereocenters. The quantitative estimate of drug-likeness (QED) is 0.661. The molecule has 0 fully saturated rings. The number of rotatable bonds is 3. The lowest BCUT2D eigenvalue weighted by atomic mass is 10.2. The van der Waals surface area contributed by atoms with Crippen LogP contribution in [0.2, 0.25) is 5.02 Å². The van der Waals surface area contributed by atoms with Crippen LogP contribution in [0.25, 0.3) is 0 Å². The molecule has 0 atom stereocenters. The number of hydrogen-bond acceptors (Lipinski definition) is 6. The average Bonchev–Trinajstić information content (AvgIpc) is 2.33. The van der Waals surface area contributed by atoms with Crippen LogP contribution in [-0.2, 0) is 0 Å². The number of halogens is 1. The van der Waals surface area contributed by atoms with E-state index in [-0.39, 0.29) is 17.3 Å². The topological polar surface area (TPSA) is 107 Å². The van der Waals surface area contributed by atoms with Crippen LogP contribution in [0.5, 0.6) is 0 Å². The zero-order chi connectivity index (χ0) is 14.0. The Hall–Kier alpha value is -2.41. The number of hydrogen-bond donors (Lipinski definition) is 2. The van der Waals surface area contributed by atoms with Crippen molar-refractivity contribution in [3.05, 3.63) is 45.2 Å². The number of nitro groups is 1. The van der Waals surface area contributed by atoms with Crippen molar-refractivity contribution in [2.45, 2.75) is 6.92 Å². The molecule has 1 heterocycles. The molecule has 1 aromatic carbocycles. The van der Waals surface area contributed by atoms with Gasteiger partial charge in [-0.05, 0) is 24.6 Å². The summed E-state index contributed by atoms with van der Waals surface area (Å²) in [4.78, 5) is 17.8. The van der Waals surface area contributed by atoms with Gasteiger partial charge >= 0.3 is 5.69 Å². The minimum absolute atomic E-state index is 0.0304. The second-order valence-electron chi connectivity index (χ2n) is 3.80. The predicted octanol–water partition coefficient (Wildman–Crippen LogP) is 2.67.